The molecule has 0 saturated carbocycles. The van der Waals surface area contributed by atoms with Crippen LogP contribution in [0.15, 0.2) is 36.5 Å². The van der Waals surface area contributed by atoms with Gasteiger partial charge in [-0.2, -0.15) is 0 Å². The second-order valence-electron chi connectivity index (χ2n) is 3.38. The third-order valence-corrected chi connectivity index (χ3v) is 2.19. The Bertz CT molecular complexity index is 466. The zero-order valence-electron chi connectivity index (χ0n) is 8.86. The minimum Gasteiger partial charge on any atom is -0.373 e. The zero-order valence-corrected chi connectivity index (χ0v) is 8.86. The molecule has 3 nitrogen and oxygen atoms in total. The monoisotopic (exact) mass is 199 g/mol. The first kappa shape index (κ1) is 9.65. The maximum Gasteiger partial charge on any atom is 0.161 e. The molecular formula is C12H13N3. The molecule has 3 heteroatoms. The minimum atomic E-state index is 0.755. The molecule has 15 heavy (non-hydrogen) atoms. The number of aromatic nitrogens is 2. The quantitative estimate of drug-likeness (QED) is 0.807. The lowest BCUT2D eigenvalue weighted by Gasteiger charge is -2.03. The summed E-state index contributed by atoms with van der Waals surface area (Å²) >= 11 is 0. The smallest absolute Gasteiger partial charge is 0.161 e. The summed E-state index contributed by atoms with van der Waals surface area (Å²) in [7, 11) is 1.85. The molecule has 2 aromatic rings. The van der Waals surface area contributed by atoms with E-state index in [-0.39, 0.29) is 0 Å². The number of benzene rings is 1. The van der Waals surface area contributed by atoms with Gasteiger partial charge in [-0.1, -0.05) is 23.8 Å². The van der Waals surface area contributed by atoms with Gasteiger partial charge in [-0.05, 0) is 19.1 Å². The lowest BCUT2D eigenvalue weighted by atomic mass is 10.1. The van der Waals surface area contributed by atoms with Gasteiger partial charge in [0.05, 0.1) is 0 Å². The van der Waals surface area contributed by atoms with Crippen molar-refractivity contribution in [3.63, 3.8) is 0 Å². The number of aryl methyl sites for hydroxylation is 1. The molecule has 0 unspecified atom stereocenters. The summed E-state index contributed by atoms with van der Waals surface area (Å²) in [6, 6.07) is 10.0. The van der Waals surface area contributed by atoms with Gasteiger partial charge in [-0.15, -0.1) is 0 Å². The summed E-state index contributed by atoms with van der Waals surface area (Å²) in [6.07, 6.45) is 1.76. The van der Waals surface area contributed by atoms with E-state index < -0.39 is 0 Å². The predicted molar refractivity (Wildman–Crippen MR) is 61.8 cm³/mol. The van der Waals surface area contributed by atoms with Crippen molar-refractivity contribution < 1.29 is 0 Å². The van der Waals surface area contributed by atoms with Gasteiger partial charge < -0.3 is 5.32 Å². The van der Waals surface area contributed by atoms with E-state index in [2.05, 4.69) is 34.3 Å². The molecule has 0 aliphatic heterocycles. The van der Waals surface area contributed by atoms with Crippen molar-refractivity contribution in [2.75, 3.05) is 12.4 Å². The van der Waals surface area contributed by atoms with Gasteiger partial charge in [-0.25, -0.2) is 9.97 Å². The van der Waals surface area contributed by atoms with Crippen LogP contribution in [-0.4, -0.2) is 17.0 Å². The van der Waals surface area contributed by atoms with Crippen molar-refractivity contribution >= 4 is 5.82 Å². The van der Waals surface area contributed by atoms with Crippen molar-refractivity contribution in [2.24, 2.45) is 0 Å². The van der Waals surface area contributed by atoms with E-state index >= 15 is 0 Å². The molecule has 1 N–H and O–H groups in total. The SMILES string of the molecule is CNc1ccnc(-c2cccc(C)c2)n1. The van der Waals surface area contributed by atoms with Gasteiger partial charge >= 0.3 is 0 Å². The summed E-state index contributed by atoms with van der Waals surface area (Å²) in [5.41, 5.74) is 2.26. The van der Waals surface area contributed by atoms with Crippen molar-refractivity contribution in [1.29, 1.82) is 0 Å². The van der Waals surface area contributed by atoms with Crippen LogP contribution in [0, 0.1) is 6.92 Å². The summed E-state index contributed by atoms with van der Waals surface area (Å²) in [5, 5.41) is 3.00. The van der Waals surface area contributed by atoms with Crippen molar-refractivity contribution in [3.05, 3.63) is 42.1 Å². The fourth-order valence-electron chi connectivity index (χ4n) is 1.42. The second-order valence-corrected chi connectivity index (χ2v) is 3.38. The van der Waals surface area contributed by atoms with Gasteiger partial charge in [0, 0.05) is 18.8 Å². The van der Waals surface area contributed by atoms with Crippen LogP contribution in [0.3, 0.4) is 0 Å². The fraction of sp³-hybridized carbons (Fsp3) is 0.167. The van der Waals surface area contributed by atoms with E-state index in [4.69, 9.17) is 0 Å². The van der Waals surface area contributed by atoms with E-state index in [1.165, 1.54) is 5.56 Å². The van der Waals surface area contributed by atoms with Gasteiger partial charge in [-0.3, -0.25) is 0 Å². The lowest BCUT2D eigenvalue weighted by Crippen LogP contribution is -1.95. The summed E-state index contributed by atoms with van der Waals surface area (Å²) in [6.45, 7) is 2.06. The first-order valence-corrected chi connectivity index (χ1v) is 4.87. The van der Waals surface area contributed by atoms with Gasteiger partial charge in [0.25, 0.3) is 0 Å². The normalized spacial score (nSPS) is 10.0. The molecule has 0 spiro atoms. The molecule has 0 aliphatic rings. The zero-order chi connectivity index (χ0) is 10.7. The van der Waals surface area contributed by atoms with Crippen LogP contribution in [0.1, 0.15) is 5.56 Å². The molecule has 0 amide bonds. The molecule has 1 aromatic heterocycles. The Morgan fingerprint density at radius 3 is 2.80 bits per heavy atom. The number of anilines is 1. The molecule has 0 saturated heterocycles. The Hall–Kier alpha value is -1.90. The first-order valence-electron chi connectivity index (χ1n) is 4.87. The molecule has 1 heterocycles. The van der Waals surface area contributed by atoms with Crippen LogP contribution in [0.25, 0.3) is 11.4 Å². The molecule has 0 radical (unpaired) electrons. The summed E-state index contributed by atoms with van der Waals surface area (Å²) < 4.78 is 0. The molecule has 0 bridgehead atoms. The van der Waals surface area contributed by atoms with E-state index in [0.29, 0.717) is 0 Å². The van der Waals surface area contributed by atoms with E-state index in [0.717, 1.165) is 17.2 Å². The van der Waals surface area contributed by atoms with E-state index in [1.807, 2.05) is 25.2 Å². The average Bonchev–Trinajstić information content (AvgIpc) is 2.29. The van der Waals surface area contributed by atoms with Crippen molar-refractivity contribution in [3.8, 4) is 11.4 Å². The second kappa shape index (κ2) is 4.09. The van der Waals surface area contributed by atoms with Crippen LogP contribution < -0.4 is 5.32 Å². The number of rotatable bonds is 2. The Labute approximate surface area is 89.2 Å². The van der Waals surface area contributed by atoms with Crippen LogP contribution in [0.4, 0.5) is 5.82 Å². The Kier molecular flexibility index (Phi) is 2.63. The number of nitrogens with one attached hydrogen (secondary N) is 1. The summed E-state index contributed by atoms with van der Waals surface area (Å²) in [5.74, 6) is 1.59. The van der Waals surface area contributed by atoms with E-state index in [1.54, 1.807) is 6.20 Å². The van der Waals surface area contributed by atoms with Crippen molar-refractivity contribution in [1.82, 2.24) is 9.97 Å². The highest BCUT2D eigenvalue weighted by Crippen LogP contribution is 2.16. The molecule has 1 aromatic carbocycles. The standard InChI is InChI=1S/C12H13N3/c1-9-4-3-5-10(8-9)12-14-7-6-11(13-2)15-12/h3-8H,1-2H3,(H,13,14,15). The topological polar surface area (TPSA) is 37.8 Å². The van der Waals surface area contributed by atoms with Crippen LogP contribution >= 0.6 is 0 Å². The predicted octanol–water partition coefficient (Wildman–Crippen LogP) is 2.49. The molecule has 2 rings (SSSR count). The van der Waals surface area contributed by atoms with Gasteiger partial charge in [0.15, 0.2) is 5.82 Å². The first-order chi connectivity index (χ1) is 7.29. The third-order valence-electron chi connectivity index (χ3n) is 2.19. The number of hydrogen-bond donors (Lipinski definition) is 1. The van der Waals surface area contributed by atoms with E-state index in [9.17, 15) is 0 Å². The van der Waals surface area contributed by atoms with Gasteiger partial charge in [0.2, 0.25) is 0 Å². The highest BCUT2D eigenvalue weighted by atomic mass is 15.0. The van der Waals surface area contributed by atoms with Crippen LogP contribution in [-0.2, 0) is 0 Å². The highest BCUT2D eigenvalue weighted by Gasteiger charge is 2.01. The Balaban J connectivity index is 2.44. The average molecular weight is 199 g/mol. The number of hydrogen-bond acceptors (Lipinski definition) is 3. The highest BCUT2D eigenvalue weighted by molar-refractivity contribution is 5.57. The summed E-state index contributed by atoms with van der Waals surface area (Å²) in [4.78, 5) is 8.63. The molecule has 0 fully saturated rings. The third kappa shape index (κ3) is 2.13. The maximum absolute atomic E-state index is 4.38. The Morgan fingerprint density at radius 2 is 2.07 bits per heavy atom. The molecule has 76 valence electrons. The lowest BCUT2D eigenvalue weighted by molar-refractivity contribution is 1.16. The minimum absolute atomic E-state index is 0.755. The number of nitrogens with zero attached hydrogens (tertiary/aromatic N) is 2. The van der Waals surface area contributed by atoms with Crippen LogP contribution in [0.5, 0.6) is 0 Å². The van der Waals surface area contributed by atoms with Crippen molar-refractivity contribution in [2.45, 2.75) is 6.92 Å². The van der Waals surface area contributed by atoms with Gasteiger partial charge in [0.1, 0.15) is 5.82 Å². The maximum atomic E-state index is 4.38. The molecule has 0 atom stereocenters. The Morgan fingerprint density at radius 1 is 1.20 bits per heavy atom. The van der Waals surface area contributed by atoms with Crippen LogP contribution in [0.2, 0.25) is 0 Å². The largest absolute Gasteiger partial charge is 0.373 e. The fourth-order valence-corrected chi connectivity index (χ4v) is 1.42. The molecule has 0 aliphatic carbocycles. The molecular weight excluding hydrogens is 186 g/mol.